The SMILES string of the molecule is CC(C)N[C@@H](CCC(=O)C(C)C)C(O)O. The van der Waals surface area contributed by atoms with Gasteiger partial charge in [-0.1, -0.05) is 27.7 Å². The summed E-state index contributed by atoms with van der Waals surface area (Å²) in [5.41, 5.74) is 0. The van der Waals surface area contributed by atoms with Crippen molar-refractivity contribution in [3.63, 3.8) is 0 Å². The van der Waals surface area contributed by atoms with Crippen LogP contribution in [0.1, 0.15) is 40.5 Å². The Morgan fingerprint density at radius 3 is 2.07 bits per heavy atom. The van der Waals surface area contributed by atoms with E-state index in [1.807, 2.05) is 27.7 Å². The number of rotatable bonds is 7. The molecule has 3 N–H and O–H groups in total. The molecule has 0 radical (unpaired) electrons. The van der Waals surface area contributed by atoms with Crippen molar-refractivity contribution in [2.24, 2.45) is 5.92 Å². The fraction of sp³-hybridized carbons (Fsp3) is 0.909. The van der Waals surface area contributed by atoms with Gasteiger partial charge < -0.3 is 15.5 Å². The maximum absolute atomic E-state index is 11.4. The van der Waals surface area contributed by atoms with Crippen LogP contribution >= 0.6 is 0 Å². The molecule has 0 unspecified atom stereocenters. The summed E-state index contributed by atoms with van der Waals surface area (Å²) in [6.07, 6.45) is -0.556. The molecule has 4 heteroatoms. The van der Waals surface area contributed by atoms with E-state index in [4.69, 9.17) is 10.2 Å². The molecular weight excluding hydrogens is 194 g/mol. The van der Waals surface area contributed by atoms with E-state index in [0.29, 0.717) is 12.8 Å². The van der Waals surface area contributed by atoms with Gasteiger partial charge in [-0.3, -0.25) is 4.79 Å². The van der Waals surface area contributed by atoms with Gasteiger partial charge in [0.2, 0.25) is 0 Å². The van der Waals surface area contributed by atoms with Crippen LogP contribution in [0.3, 0.4) is 0 Å². The Morgan fingerprint density at radius 1 is 1.20 bits per heavy atom. The second-order valence-electron chi connectivity index (χ2n) is 4.50. The van der Waals surface area contributed by atoms with E-state index < -0.39 is 12.3 Å². The van der Waals surface area contributed by atoms with Crippen molar-refractivity contribution >= 4 is 5.78 Å². The van der Waals surface area contributed by atoms with Gasteiger partial charge in [0.15, 0.2) is 6.29 Å². The van der Waals surface area contributed by atoms with Crippen LogP contribution in [0.25, 0.3) is 0 Å². The smallest absolute Gasteiger partial charge is 0.167 e. The van der Waals surface area contributed by atoms with Gasteiger partial charge in [-0.2, -0.15) is 0 Å². The quantitative estimate of drug-likeness (QED) is 0.548. The summed E-state index contributed by atoms with van der Waals surface area (Å²) in [6, 6.07) is -0.251. The van der Waals surface area contributed by atoms with Crippen LogP contribution < -0.4 is 5.32 Å². The van der Waals surface area contributed by atoms with Gasteiger partial charge in [-0.25, -0.2) is 0 Å². The first-order valence-corrected chi connectivity index (χ1v) is 5.49. The Balaban J connectivity index is 4.02. The average Bonchev–Trinajstić information content (AvgIpc) is 2.10. The third kappa shape index (κ3) is 6.60. The van der Waals surface area contributed by atoms with Crippen LogP contribution in [0.4, 0.5) is 0 Å². The monoisotopic (exact) mass is 217 g/mol. The summed E-state index contributed by atoms with van der Waals surface area (Å²) in [5.74, 6) is 0.173. The molecular formula is C11H23NO3. The third-order valence-electron chi connectivity index (χ3n) is 2.25. The molecule has 0 fully saturated rings. The fourth-order valence-corrected chi connectivity index (χ4v) is 1.33. The van der Waals surface area contributed by atoms with Gasteiger partial charge >= 0.3 is 0 Å². The zero-order chi connectivity index (χ0) is 12.0. The number of hydrogen-bond donors (Lipinski definition) is 3. The van der Waals surface area contributed by atoms with E-state index in [1.54, 1.807) is 0 Å². The van der Waals surface area contributed by atoms with Gasteiger partial charge in [0.25, 0.3) is 0 Å². The molecule has 0 aromatic carbocycles. The number of aliphatic hydroxyl groups is 2. The van der Waals surface area contributed by atoms with E-state index in [0.717, 1.165) is 0 Å². The highest BCUT2D eigenvalue weighted by atomic mass is 16.5. The zero-order valence-corrected chi connectivity index (χ0v) is 10.0. The minimum atomic E-state index is -1.41. The van der Waals surface area contributed by atoms with Crippen molar-refractivity contribution in [2.45, 2.75) is 58.9 Å². The summed E-state index contributed by atoms with van der Waals surface area (Å²) in [4.78, 5) is 11.4. The number of carbonyl (C=O) groups is 1. The number of hydrogen-bond acceptors (Lipinski definition) is 4. The zero-order valence-electron chi connectivity index (χ0n) is 10.0. The standard InChI is InChI=1S/C11H23NO3/c1-7(2)10(13)6-5-9(11(14)15)12-8(3)4/h7-9,11-12,14-15H,5-6H2,1-4H3/t9-/m0/s1. The highest BCUT2D eigenvalue weighted by Crippen LogP contribution is 2.07. The van der Waals surface area contributed by atoms with Crippen LogP contribution in [-0.2, 0) is 4.79 Å². The molecule has 4 nitrogen and oxygen atoms in total. The lowest BCUT2D eigenvalue weighted by molar-refractivity contribution is -0.122. The van der Waals surface area contributed by atoms with Crippen molar-refractivity contribution in [3.05, 3.63) is 0 Å². The Bertz CT molecular complexity index is 190. The van der Waals surface area contributed by atoms with E-state index in [2.05, 4.69) is 5.32 Å². The van der Waals surface area contributed by atoms with Gasteiger partial charge in [-0.05, 0) is 6.42 Å². The summed E-state index contributed by atoms with van der Waals surface area (Å²) in [6.45, 7) is 7.56. The molecule has 0 aromatic rings. The van der Waals surface area contributed by atoms with Gasteiger partial charge in [0, 0.05) is 18.4 Å². The maximum Gasteiger partial charge on any atom is 0.167 e. The Kier molecular flexibility index (Phi) is 6.72. The molecule has 0 aromatic heterocycles. The van der Waals surface area contributed by atoms with Crippen LogP contribution in [0, 0.1) is 5.92 Å². The molecule has 0 amide bonds. The van der Waals surface area contributed by atoms with Crippen molar-refractivity contribution in [2.75, 3.05) is 0 Å². The van der Waals surface area contributed by atoms with Crippen LogP contribution in [0.2, 0.25) is 0 Å². The van der Waals surface area contributed by atoms with Gasteiger partial charge in [0.05, 0.1) is 6.04 Å². The van der Waals surface area contributed by atoms with Crippen LogP contribution in [0.15, 0.2) is 0 Å². The molecule has 0 saturated heterocycles. The van der Waals surface area contributed by atoms with E-state index >= 15 is 0 Å². The Hall–Kier alpha value is -0.450. The highest BCUT2D eigenvalue weighted by molar-refractivity contribution is 5.80. The first-order chi connectivity index (χ1) is 6.84. The maximum atomic E-state index is 11.4. The molecule has 0 saturated carbocycles. The molecule has 0 aliphatic heterocycles. The highest BCUT2D eigenvalue weighted by Gasteiger charge is 2.19. The molecule has 90 valence electrons. The summed E-state index contributed by atoms with van der Waals surface area (Å²) in [7, 11) is 0. The molecule has 0 bridgehead atoms. The van der Waals surface area contributed by atoms with E-state index in [-0.39, 0.29) is 17.7 Å². The number of carbonyl (C=O) groups excluding carboxylic acids is 1. The summed E-state index contributed by atoms with van der Waals surface area (Å²) >= 11 is 0. The van der Waals surface area contributed by atoms with Crippen LogP contribution in [0.5, 0.6) is 0 Å². The third-order valence-corrected chi connectivity index (χ3v) is 2.25. The van der Waals surface area contributed by atoms with Crippen molar-refractivity contribution in [1.29, 1.82) is 0 Å². The molecule has 0 rings (SSSR count). The minimum absolute atomic E-state index is 0.0144. The predicted octanol–water partition coefficient (Wildman–Crippen LogP) is 0.669. The molecule has 1 atom stereocenters. The minimum Gasteiger partial charge on any atom is -0.367 e. The average molecular weight is 217 g/mol. The predicted molar refractivity (Wildman–Crippen MR) is 59.4 cm³/mol. The fourth-order valence-electron chi connectivity index (χ4n) is 1.33. The molecule has 0 heterocycles. The lowest BCUT2D eigenvalue weighted by Gasteiger charge is -2.22. The van der Waals surface area contributed by atoms with Crippen molar-refractivity contribution < 1.29 is 15.0 Å². The van der Waals surface area contributed by atoms with E-state index in [9.17, 15) is 4.79 Å². The van der Waals surface area contributed by atoms with Crippen molar-refractivity contribution in [1.82, 2.24) is 5.32 Å². The Labute approximate surface area is 91.7 Å². The molecule has 0 aliphatic carbocycles. The van der Waals surface area contributed by atoms with Gasteiger partial charge in [0.1, 0.15) is 5.78 Å². The number of ketones is 1. The number of nitrogens with one attached hydrogen (secondary N) is 1. The second-order valence-corrected chi connectivity index (χ2v) is 4.50. The summed E-state index contributed by atoms with van der Waals surface area (Å²) in [5, 5.41) is 21.2. The second kappa shape index (κ2) is 6.93. The normalized spacial score (nSPS) is 13.9. The first-order valence-electron chi connectivity index (χ1n) is 5.49. The van der Waals surface area contributed by atoms with Gasteiger partial charge in [-0.15, -0.1) is 0 Å². The first kappa shape index (κ1) is 14.6. The van der Waals surface area contributed by atoms with E-state index in [1.165, 1.54) is 0 Å². The largest absolute Gasteiger partial charge is 0.367 e. The number of Topliss-reactive ketones (excluding diaryl/α,β-unsaturated/α-hetero) is 1. The topological polar surface area (TPSA) is 69.6 Å². The molecule has 15 heavy (non-hydrogen) atoms. The van der Waals surface area contributed by atoms with Crippen molar-refractivity contribution in [3.8, 4) is 0 Å². The number of aliphatic hydroxyl groups excluding tert-OH is 1. The Morgan fingerprint density at radius 2 is 1.73 bits per heavy atom. The van der Waals surface area contributed by atoms with Crippen LogP contribution in [-0.4, -0.2) is 34.4 Å². The summed E-state index contributed by atoms with van der Waals surface area (Å²) < 4.78 is 0. The lowest BCUT2D eigenvalue weighted by Crippen LogP contribution is -2.43. The molecule has 0 aliphatic rings. The molecule has 0 spiro atoms. The lowest BCUT2D eigenvalue weighted by atomic mass is 10.0.